The summed E-state index contributed by atoms with van der Waals surface area (Å²) in [5.41, 5.74) is 6.60. The molecule has 0 fully saturated rings. The molecular weight excluding hydrogens is 340 g/mol. The van der Waals surface area contributed by atoms with Crippen LogP contribution in [0.4, 0.5) is 0 Å². The van der Waals surface area contributed by atoms with E-state index in [4.69, 9.17) is 0 Å². The fraction of sp³-hybridized carbons (Fsp3) is 0.115. The second-order valence-corrected chi connectivity index (χ2v) is 7.43. The Morgan fingerprint density at radius 2 is 1.25 bits per heavy atom. The van der Waals surface area contributed by atoms with Crippen molar-refractivity contribution in [2.75, 3.05) is 0 Å². The van der Waals surface area contributed by atoms with E-state index in [-0.39, 0.29) is 0 Å². The number of aryl methyl sites for hydroxylation is 1. The average Bonchev–Trinajstić information content (AvgIpc) is 3.05. The number of hydrogen-bond acceptors (Lipinski definition) is 0. The van der Waals surface area contributed by atoms with Crippen LogP contribution in [0.1, 0.15) is 16.7 Å². The van der Waals surface area contributed by atoms with Gasteiger partial charge in [-0.3, -0.25) is 0 Å². The second-order valence-electron chi connectivity index (χ2n) is 7.43. The molecule has 5 aromatic rings. The molecule has 2 heteroatoms. The quantitative estimate of drug-likeness (QED) is 0.374. The van der Waals surface area contributed by atoms with Gasteiger partial charge < -0.3 is 4.57 Å². The summed E-state index contributed by atoms with van der Waals surface area (Å²) in [6.07, 6.45) is 4.38. The summed E-state index contributed by atoms with van der Waals surface area (Å²) in [4.78, 5) is 0. The standard InChI is InChI=1S/C26H23N2/c1-20-8-2-3-9-22(20)19-27-16-14-21(15-17-27)18-28-25-12-6-4-10-23(25)24-11-5-7-13-26(24)28/h2-17H,18-19H2,1H3/q+1. The first-order valence-corrected chi connectivity index (χ1v) is 9.78. The van der Waals surface area contributed by atoms with Crippen LogP contribution in [0.15, 0.2) is 97.3 Å². The van der Waals surface area contributed by atoms with Crippen LogP contribution >= 0.6 is 0 Å². The van der Waals surface area contributed by atoms with Gasteiger partial charge in [-0.2, -0.15) is 0 Å². The number of hydrogen-bond donors (Lipinski definition) is 0. The Hall–Kier alpha value is -3.39. The zero-order valence-corrected chi connectivity index (χ0v) is 16.0. The third kappa shape index (κ3) is 2.97. The number of aromatic nitrogens is 2. The summed E-state index contributed by atoms with van der Waals surface area (Å²) >= 11 is 0. The van der Waals surface area contributed by atoms with Gasteiger partial charge >= 0.3 is 0 Å². The van der Waals surface area contributed by atoms with Gasteiger partial charge in [0, 0.05) is 46.0 Å². The highest BCUT2D eigenvalue weighted by Crippen LogP contribution is 2.29. The van der Waals surface area contributed by atoms with E-state index < -0.39 is 0 Å². The van der Waals surface area contributed by atoms with E-state index in [1.54, 1.807) is 0 Å². The topological polar surface area (TPSA) is 8.81 Å². The van der Waals surface area contributed by atoms with Crippen molar-refractivity contribution in [1.29, 1.82) is 0 Å². The van der Waals surface area contributed by atoms with Crippen molar-refractivity contribution in [3.63, 3.8) is 0 Å². The van der Waals surface area contributed by atoms with Crippen molar-refractivity contribution in [2.24, 2.45) is 0 Å². The van der Waals surface area contributed by atoms with Crippen molar-refractivity contribution in [3.8, 4) is 0 Å². The number of pyridine rings is 1. The molecule has 2 aromatic heterocycles. The number of nitrogens with zero attached hydrogens (tertiary/aromatic N) is 2. The Labute approximate surface area is 165 Å². The summed E-state index contributed by atoms with van der Waals surface area (Å²) in [5, 5.41) is 2.65. The lowest BCUT2D eigenvalue weighted by atomic mass is 10.1. The molecular formula is C26H23N2+. The minimum Gasteiger partial charge on any atom is -0.336 e. The molecule has 0 saturated carbocycles. The molecule has 0 aliphatic rings. The number of rotatable bonds is 4. The third-order valence-corrected chi connectivity index (χ3v) is 5.59. The normalized spacial score (nSPS) is 11.3. The lowest BCUT2D eigenvalue weighted by molar-refractivity contribution is -0.688. The molecule has 0 spiro atoms. The van der Waals surface area contributed by atoms with Crippen molar-refractivity contribution < 1.29 is 4.57 Å². The van der Waals surface area contributed by atoms with Crippen LogP contribution in [-0.4, -0.2) is 4.57 Å². The minimum atomic E-state index is 0.874. The Bertz CT molecular complexity index is 1210. The molecule has 0 aliphatic heterocycles. The maximum absolute atomic E-state index is 2.42. The maximum atomic E-state index is 2.42. The predicted octanol–water partition coefficient (Wildman–Crippen LogP) is 5.49. The van der Waals surface area contributed by atoms with Gasteiger partial charge in [0.15, 0.2) is 18.9 Å². The first-order chi connectivity index (χ1) is 13.8. The van der Waals surface area contributed by atoms with E-state index in [0.717, 1.165) is 13.1 Å². The molecule has 0 aliphatic carbocycles. The molecule has 136 valence electrons. The van der Waals surface area contributed by atoms with Crippen LogP contribution in [0.5, 0.6) is 0 Å². The highest BCUT2D eigenvalue weighted by Gasteiger charge is 2.11. The lowest BCUT2D eigenvalue weighted by Gasteiger charge is -2.08. The van der Waals surface area contributed by atoms with E-state index in [1.165, 1.54) is 38.5 Å². The molecule has 0 N–H and O–H groups in total. The fourth-order valence-corrected chi connectivity index (χ4v) is 4.04. The van der Waals surface area contributed by atoms with Gasteiger partial charge in [-0.1, -0.05) is 60.7 Å². The van der Waals surface area contributed by atoms with Gasteiger partial charge in [-0.05, 0) is 30.2 Å². The minimum absolute atomic E-state index is 0.874. The van der Waals surface area contributed by atoms with E-state index in [1.807, 2.05) is 0 Å². The van der Waals surface area contributed by atoms with Crippen molar-refractivity contribution in [2.45, 2.75) is 20.0 Å². The Kier molecular flexibility index (Phi) is 4.17. The molecule has 3 aromatic carbocycles. The first kappa shape index (κ1) is 16.8. The van der Waals surface area contributed by atoms with Gasteiger partial charge in [0.1, 0.15) is 0 Å². The second kappa shape index (κ2) is 6.97. The molecule has 5 rings (SSSR count). The molecule has 2 nitrogen and oxygen atoms in total. The fourth-order valence-electron chi connectivity index (χ4n) is 4.04. The lowest BCUT2D eigenvalue weighted by Crippen LogP contribution is -2.33. The van der Waals surface area contributed by atoms with Crippen LogP contribution in [0, 0.1) is 6.92 Å². The van der Waals surface area contributed by atoms with Crippen molar-refractivity contribution >= 4 is 21.8 Å². The highest BCUT2D eigenvalue weighted by molar-refractivity contribution is 6.08. The van der Waals surface area contributed by atoms with Crippen molar-refractivity contribution in [3.05, 3.63) is 114 Å². The summed E-state index contributed by atoms with van der Waals surface area (Å²) in [6, 6.07) is 30.4. The van der Waals surface area contributed by atoms with Gasteiger partial charge in [0.25, 0.3) is 0 Å². The molecule has 28 heavy (non-hydrogen) atoms. The van der Waals surface area contributed by atoms with Crippen LogP contribution < -0.4 is 4.57 Å². The SMILES string of the molecule is Cc1ccccc1C[n+]1ccc(Cn2c3ccccc3c3ccccc32)cc1. The molecule has 2 heterocycles. The summed E-state index contributed by atoms with van der Waals surface area (Å²) in [7, 11) is 0. The van der Waals surface area contributed by atoms with Gasteiger partial charge in [0.05, 0.1) is 0 Å². The monoisotopic (exact) mass is 363 g/mol. The highest BCUT2D eigenvalue weighted by atomic mass is 15.0. The smallest absolute Gasteiger partial charge is 0.174 e. The van der Waals surface area contributed by atoms with E-state index in [2.05, 4.69) is 113 Å². The van der Waals surface area contributed by atoms with E-state index >= 15 is 0 Å². The molecule has 0 saturated heterocycles. The molecule has 0 radical (unpaired) electrons. The zero-order valence-electron chi connectivity index (χ0n) is 16.0. The molecule has 0 atom stereocenters. The molecule has 0 bridgehead atoms. The van der Waals surface area contributed by atoms with Crippen LogP contribution in [0.3, 0.4) is 0 Å². The average molecular weight is 363 g/mol. The summed E-state index contributed by atoms with van der Waals surface area (Å²) in [5.74, 6) is 0. The zero-order chi connectivity index (χ0) is 18.9. The van der Waals surface area contributed by atoms with Gasteiger partial charge in [-0.15, -0.1) is 0 Å². The number of fused-ring (bicyclic) bond motifs is 3. The summed E-state index contributed by atoms with van der Waals surface area (Å²) < 4.78 is 4.67. The van der Waals surface area contributed by atoms with Crippen LogP contribution in [-0.2, 0) is 13.1 Å². The van der Waals surface area contributed by atoms with Crippen LogP contribution in [0.25, 0.3) is 21.8 Å². The van der Waals surface area contributed by atoms with Gasteiger partial charge in [-0.25, -0.2) is 4.57 Å². The van der Waals surface area contributed by atoms with Gasteiger partial charge in [0.2, 0.25) is 0 Å². The molecule has 0 unspecified atom stereocenters. The molecule has 0 amide bonds. The predicted molar refractivity (Wildman–Crippen MR) is 115 cm³/mol. The number of benzene rings is 3. The maximum Gasteiger partial charge on any atom is 0.174 e. The third-order valence-electron chi connectivity index (χ3n) is 5.59. The number of para-hydroxylation sites is 2. The van der Waals surface area contributed by atoms with E-state index in [0.29, 0.717) is 0 Å². The Morgan fingerprint density at radius 1 is 0.679 bits per heavy atom. The Morgan fingerprint density at radius 3 is 1.89 bits per heavy atom. The largest absolute Gasteiger partial charge is 0.336 e. The Balaban J connectivity index is 1.47. The van der Waals surface area contributed by atoms with Crippen molar-refractivity contribution in [1.82, 2.24) is 4.57 Å². The first-order valence-electron chi connectivity index (χ1n) is 9.78. The van der Waals surface area contributed by atoms with Crippen LogP contribution in [0.2, 0.25) is 0 Å². The van der Waals surface area contributed by atoms with E-state index in [9.17, 15) is 0 Å². The summed E-state index contributed by atoms with van der Waals surface area (Å²) in [6.45, 7) is 3.95.